The van der Waals surface area contributed by atoms with Crippen LogP contribution in [0.4, 0.5) is 0 Å². The summed E-state index contributed by atoms with van der Waals surface area (Å²) in [6.07, 6.45) is 12.2. The first-order valence-electron chi connectivity index (χ1n) is 4.57. The normalized spacial score (nSPS) is 18.5. The first-order chi connectivity index (χ1) is 5.43. The molecule has 11 heavy (non-hydrogen) atoms. The summed E-state index contributed by atoms with van der Waals surface area (Å²) in [5, 5.41) is 3.23. The molecule has 0 aromatic heterocycles. The lowest BCUT2D eigenvalue weighted by molar-refractivity contribution is 0.486. The van der Waals surface area contributed by atoms with E-state index in [0.29, 0.717) is 0 Å². The van der Waals surface area contributed by atoms with E-state index in [0.717, 1.165) is 19.0 Å². The van der Waals surface area contributed by atoms with Crippen LogP contribution in [0.3, 0.4) is 0 Å². The molecule has 1 rings (SSSR count). The Labute approximate surface area is 69.6 Å². The van der Waals surface area contributed by atoms with Gasteiger partial charge in [-0.1, -0.05) is 31.6 Å². The van der Waals surface area contributed by atoms with Gasteiger partial charge in [0.25, 0.3) is 0 Å². The van der Waals surface area contributed by atoms with Crippen LogP contribution in [0.15, 0.2) is 0 Å². The molecule has 0 bridgehead atoms. The summed E-state index contributed by atoms with van der Waals surface area (Å²) >= 11 is 0. The lowest BCUT2D eigenvalue weighted by atomic mass is 10.0. The molecule has 1 nitrogen and oxygen atoms in total. The highest BCUT2D eigenvalue weighted by molar-refractivity contribution is 4.86. The van der Waals surface area contributed by atoms with E-state index >= 15 is 0 Å². The van der Waals surface area contributed by atoms with E-state index < -0.39 is 0 Å². The van der Waals surface area contributed by atoms with Crippen molar-refractivity contribution in [3.8, 4) is 12.3 Å². The topological polar surface area (TPSA) is 12.0 Å². The second-order valence-electron chi connectivity index (χ2n) is 3.32. The minimum Gasteiger partial charge on any atom is -0.306 e. The van der Waals surface area contributed by atoms with Crippen molar-refractivity contribution in [3.05, 3.63) is 0 Å². The third kappa shape index (κ3) is 3.43. The zero-order valence-electron chi connectivity index (χ0n) is 7.10. The van der Waals surface area contributed by atoms with E-state index in [4.69, 9.17) is 6.42 Å². The van der Waals surface area contributed by atoms with Gasteiger partial charge in [-0.3, -0.25) is 0 Å². The van der Waals surface area contributed by atoms with Crippen molar-refractivity contribution in [1.29, 1.82) is 0 Å². The van der Waals surface area contributed by atoms with Crippen LogP contribution >= 0.6 is 0 Å². The van der Waals surface area contributed by atoms with Crippen molar-refractivity contribution in [2.75, 3.05) is 13.1 Å². The SMILES string of the molecule is C#CCNCCC1CCCC1. The van der Waals surface area contributed by atoms with Crippen LogP contribution in [-0.4, -0.2) is 13.1 Å². The highest BCUT2D eigenvalue weighted by Crippen LogP contribution is 2.26. The molecule has 1 aliphatic rings. The van der Waals surface area contributed by atoms with E-state index in [1.165, 1.54) is 32.1 Å². The van der Waals surface area contributed by atoms with Gasteiger partial charge in [-0.05, 0) is 18.9 Å². The molecule has 0 aliphatic heterocycles. The Morgan fingerprint density at radius 2 is 2.09 bits per heavy atom. The van der Waals surface area contributed by atoms with Gasteiger partial charge in [0.2, 0.25) is 0 Å². The Balaban J connectivity index is 1.90. The highest BCUT2D eigenvalue weighted by Gasteiger charge is 2.13. The molecule has 1 fully saturated rings. The predicted octanol–water partition coefficient (Wildman–Crippen LogP) is 1.79. The minimum atomic E-state index is 0.729. The maximum absolute atomic E-state index is 5.11. The van der Waals surface area contributed by atoms with Crippen LogP contribution < -0.4 is 5.32 Å². The molecule has 0 aromatic rings. The van der Waals surface area contributed by atoms with Crippen molar-refractivity contribution in [2.24, 2.45) is 5.92 Å². The minimum absolute atomic E-state index is 0.729. The molecule has 0 heterocycles. The molecule has 0 saturated heterocycles. The average Bonchev–Trinajstić information content (AvgIpc) is 2.50. The Bertz CT molecular complexity index is 128. The maximum atomic E-state index is 5.11. The van der Waals surface area contributed by atoms with Gasteiger partial charge in [0.15, 0.2) is 0 Å². The molecular weight excluding hydrogens is 134 g/mol. The van der Waals surface area contributed by atoms with Gasteiger partial charge < -0.3 is 5.32 Å². The number of nitrogens with one attached hydrogen (secondary N) is 1. The van der Waals surface area contributed by atoms with Crippen molar-refractivity contribution >= 4 is 0 Å². The standard InChI is InChI=1S/C10H17N/c1-2-8-11-9-7-10-5-3-4-6-10/h1,10-11H,3-9H2. The number of terminal acetylenes is 1. The molecule has 0 atom stereocenters. The van der Waals surface area contributed by atoms with Crippen LogP contribution in [0.5, 0.6) is 0 Å². The van der Waals surface area contributed by atoms with E-state index in [1.54, 1.807) is 0 Å². The first-order valence-corrected chi connectivity index (χ1v) is 4.57. The largest absolute Gasteiger partial charge is 0.306 e. The molecule has 0 spiro atoms. The fraction of sp³-hybridized carbons (Fsp3) is 0.800. The van der Waals surface area contributed by atoms with Gasteiger partial charge in [-0.2, -0.15) is 0 Å². The van der Waals surface area contributed by atoms with Crippen LogP contribution in [-0.2, 0) is 0 Å². The fourth-order valence-corrected chi connectivity index (χ4v) is 1.77. The van der Waals surface area contributed by atoms with Crippen molar-refractivity contribution in [1.82, 2.24) is 5.32 Å². The van der Waals surface area contributed by atoms with E-state index in [9.17, 15) is 0 Å². The molecule has 1 N–H and O–H groups in total. The lowest BCUT2D eigenvalue weighted by Gasteiger charge is -2.07. The number of rotatable bonds is 4. The van der Waals surface area contributed by atoms with Crippen LogP contribution in [0.1, 0.15) is 32.1 Å². The Hall–Kier alpha value is -0.480. The summed E-state index contributed by atoms with van der Waals surface area (Å²) in [6, 6.07) is 0. The molecule has 0 radical (unpaired) electrons. The van der Waals surface area contributed by atoms with Gasteiger partial charge in [0, 0.05) is 0 Å². The zero-order valence-corrected chi connectivity index (χ0v) is 7.10. The Kier molecular flexibility index (Phi) is 4.08. The molecule has 0 amide bonds. The highest BCUT2D eigenvalue weighted by atomic mass is 14.8. The summed E-state index contributed by atoms with van der Waals surface area (Å²) in [4.78, 5) is 0. The fourth-order valence-electron chi connectivity index (χ4n) is 1.77. The second kappa shape index (κ2) is 5.21. The van der Waals surface area contributed by atoms with E-state index in [1.807, 2.05) is 0 Å². The molecule has 0 unspecified atom stereocenters. The predicted molar refractivity (Wildman–Crippen MR) is 48.3 cm³/mol. The average molecular weight is 151 g/mol. The van der Waals surface area contributed by atoms with Crippen molar-refractivity contribution in [2.45, 2.75) is 32.1 Å². The second-order valence-corrected chi connectivity index (χ2v) is 3.32. The van der Waals surface area contributed by atoms with E-state index in [-0.39, 0.29) is 0 Å². The molecular formula is C10H17N. The van der Waals surface area contributed by atoms with Gasteiger partial charge >= 0.3 is 0 Å². The lowest BCUT2D eigenvalue weighted by Crippen LogP contribution is -2.17. The van der Waals surface area contributed by atoms with Gasteiger partial charge in [0.1, 0.15) is 0 Å². The number of hydrogen-bond acceptors (Lipinski definition) is 1. The molecule has 62 valence electrons. The van der Waals surface area contributed by atoms with Crippen molar-refractivity contribution < 1.29 is 0 Å². The van der Waals surface area contributed by atoms with Gasteiger partial charge in [-0.15, -0.1) is 6.42 Å². The molecule has 1 heteroatoms. The summed E-state index contributed by atoms with van der Waals surface area (Å²) < 4.78 is 0. The Morgan fingerprint density at radius 3 is 2.73 bits per heavy atom. The summed E-state index contributed by atoms with van der Waals surface area (Å²) in [5.41, 5.74) is 0. The van der Waals surface area contributed by atoms with Crippen LogP contribution in [0.2, 0.25) is 0 Å². The van der Waals surface area contributed by atoms with Gasteiger partial charge in [-0.25, -0.2) is 0 Å². The monoisotopic (exact) mass is 151 g/mol. The molecule has 1 aliphatic carbocycles. The summed E-state index contributed by atoms with van der Waals surface area (Å²) in [7, 11) is 0. The van der Waals surface area contributed by atoms with E-state index in [2.05, 4.69) is 11.2 Å². The zero-order chi connectivity index (χ0) is 7.94. The van der Waals surface area contributed by atoms with Gasteiger partial charge in [0.05, 0.1) is 6.54 Å². The van der Waals surface area contributed by atoms with Crippen LogP contribution in [0, 0.1) is 18.3 Å². The quantitative estimate of drug-likeness (QED) is 0.477. The molecule has 1 saturated carbocycles. The summed E-state index contributed by atoms with van der Waals surface area (Å²) in [6.45, 7) is 1.83. The summed E-state index contributed by atoms with van der Waals surface area (Å²) in [5.74, 6) is 3.57. The third-order valence-electron chi connectivity index (χ3n) is 2.43. The number of hydrogen-bond donors (Lipinski definition) is 1. The molecule has 0 aromatic carbocycles. The van der Waals surface area contributed by atoms with Crippen LogP contribution in [0.25, 0.3) is 0 Å². The Morgan fingerprint density at radius 1 is 1.36 bits per heavy atom. The van der Waals surface area contributed by atoms with Crippen molar-refractivity contribution in [3.63, 3.8) is 0 Å². The smallest absolute Gasteiger partial charge is 0.0573 e. The third-order valence-corrected chi connectivity index (χ3v) is 2.43. The first kappa shape index (κ1) is 8.62. The maximum Gasteiger partial charge on any atom is 0.0573 e.